The molecule has 4 heteroatoms. The van der Waals surface area contributed by atoms with Crippen molar-refractivity contribution in [3.63, 3.8) is 0 Å². The molecule has 0 saturated carbocycles. The Hall–Kier alpha value is -3.40. The molecule has 0 atom stereocenters. The molecule has 2 aromatic heterocycles. The zero-order valence-electron chi connectivity index (χ0n) is 13.8. The van der Waals surface area contributed by atoms with E-state index in [1.807, 2.05) is 90.4 Å². The summed E-state index contributed by atoms with van der Waals surface area (Å²) < 4.78 is 1.99. The molecule has 2 heterocycles. The van der Waals surface area contributed by atoms with Gasteiger partial charge in [-0.1, -0.05) is 36.4 Å². The van der Waals surface area contributed by atoms with Crippen LogP contribution in [0.4, 0.5) is 5.69 Å². The number of amides is 1. The Morgan fingerprint density at radius 1 is 0.960 bits per heavy atom. The van der Waals surface area contributed by atoms with E-state index in [0.29, 0.717) is 5.56 Å². The van der Waals surface area contributed by atoms with Gasteiger partial charge in [0.25, 0.3) is 5.91 Å². The van der Waals surface area contributed by atoms with Crippen LogP contribution in [0.5, 0.6) is 0 Å². The number of rotatable bonds is 3. The number of imidazole rings is 1. The molecule has 25 heavy (non-hydrogen) atoms. The number of anilines is 1. The normalized spacial score (nSPS) is 10.8. The van der Waals surface area contributed by atoms with Gasteiger partial charge in [-0.2, -0.15) is 0 Å². The van der Waals surface area contributed by atoms with E-state index in [-0.39, 0.29) is 5.91 Å². The fourth-order valence-electron chi connectivity index (χ4n) is 2.82. The number of carbonyl (C=O) groups is 1. The van der Waals surface area contributed by atoms with E-state index >= 15 is 0 Å². The Morgan fingerprint density at radius 2 is 1.72 bits per heavy atom. The molecule has 0 aliphatic carbocycles. The number of benzene rings is 2. The number of hydrogen-bond acceptors (Lipinski definition) is 2. The molecule has 0 aliphatic heterocycles. The largest absolute Gasteiger partial charge is 0.322 e. The number of aryl methyl sites for hydroxylation is 1. The molecular weight excluding hydrogens is 310 g/mol. The van der Waals surface area contributed by atoms with Gasteiger partial charge in [0, 0.05) is 29.2 Å². The van der Waals surface area contributed by atoms with Gasteiger partial charge in [-0.05, 0) is 42.8 Å². The van der Waals surface area contributed by atoms with Gasteiger partial charge < -0.3 is 9.72 Å². The molecule has 0 aliphatic rings. The predicted molar refractivity (Wildman–Crippen MR) is 99.8 cm³/mol. The van der Waals surface area contributed by atoms with Crippen LogP contribution in [0, 0.1) is 6.92 Å². The maximum absolute atomic E-state index is 12.4. The summed E-state index contributed by atoms with van der Waals surface area (Å²) in [5.74, 6) is -0.0985. The number of carbonyl (C=O) groups excluding carboxylic acids is 1. The van der Waals surface area contributed by atoms with Crippen molar-refractivity contribution in [2.75, 3.05) is 5.32 Å². The number of pyridine rings is 1. The van der Waals surface area contributed by atoms with Gasteiger partial charge in [-0.3, -0.25) is 4.79 Å². The minimum Gasteiger partial charge on any atom is -0.322 e. The van der Waals surface area contributed by atoms with Crippen LogP contribution < -0.4 is 5.32 Å². The summed E-state index contributed by atoms with van der Waals surface area (Å²) in [6.45, 7) is 1.93. The van der Waals surface area contributed by atoms with Gasteiger partial charge in [0.2, 0.25) is 0 Å². The molecule has 0 saturated heterocycles. The maximum atomic E-state index is 12.4. The van der Waals surface area contributed by atoms with Crippen LogP contribution in [0.2, 0.25) is 0 Å². The lowest BCUT2D eigenvalue weighted by Crippen LogP contribution is -2.13. The highest BCUT2D eigenvalue weighted by molar-refractivity contribution is 6.05. The van der Waals surface area contributed by atoms with Gasteiger partial charge in [-0.25, -0.2) is 4.98 Å². The second-order valence-electron chi connectivity index (χ2n) is 5.94. The molecule has 1 N–H and O–H groups in total. The van der Waals surface area contributed by atoms with Gasteiger partial charge in [0.05, 0.1) is 5.69 Å². The van der Waals surface area contributed by atoms with Crippen molar-refractivity contribution in [1.82, 2.24) is 9.38 Å². The first-order valence-corrected chi connectivity index (χ1v) is 8.12. The van der Waals surface area contributed by atoms with Crippen LogP contribution in [-0.4, -0.2) is 15.3 Å². The van der Waals surface area contributed by atoms with Crippen LogP contribution in [0.1, 0.15) is 15.9 Å². The first-order chi connectivity index (χ1) is 12.2. The highest BCUT2D eigenvalue weighted by Gasteiger charge is 2.09. The monoisotopic (exact) mass is 327 g/mol. The summed E-state index contributed by atoms with van der Waals surface area (Å²) in [4.78, 5) is 17.0. The highest BCUT2D eigenvalue weighted by atomic mass is 16.1. The summed E-state index contributed by atoms with van der Waals surface area (Å²) >= 11 is 0. The Balaban J connectivity index is 1.56. The van der Waals surface area contributed by atoms with E-state index in [0.717, 1.165) is 28.2 Å². The quantitative estimate of drug-likeness (QED) is 0.599. The van der Waals surface area contributed by atoms with Gasteiger partial charge in [0.15, 0.2) is 0 Å². The first-order valence-electron chi connectivity index (χ1n) is 8.12. The zero-order valence-corrected chi connectivity index (χ0v) is 13.8. The van der Waals surface area contributed by atoms with Crippen molar-refractivity contribution >= 4 is 17.2 Å². The third-order valence-corrected chi connectivity index (χ3v) is 4.19. The third kappa shape index (κ3) is 3.02. The van der Waals surface area contributed by atoms with E-state index in [4.69, 9.17) is 0 Å². The number of nitrogens with one attached hydrogen (secondary N) is 1. The highest BCUT2D eigenvalue weighted by Crippen LogP contribution is 2.22. The van der Waals surface area contributed by atoms with E-state index in [1.165, 1.54) is 0 Å². The Morgan fingerprint density at radius 3 is 2.48 bits per heavy atom. The van der Waals surface area contributed by atoms with Crippen molar-refractivity contribution in [2.45, 2.75) is 6.92 Å². The van der Waals surface area contributed by atoms with Crippen LogP contribution in [0.15, 0.2) is 79.1 Å². The standard InChI is InChI=1S/C21H17N3O/c1-15-6-2-3-7-18(15)21(25)22-17-11-9-16(10-12-17)19-14-24-13-5-4-8-20(24)23-19/h2-14H,1H3,(H,22,25). The third-order valence-electron chi connectivity index (χ3n) is 4.19. The Kier molecular flexibility index (Phi) is 3.78. The summed E-state index contributed by atoms with van der Waals surface area (Å²) in [6, 6.07) is 21.2. The Bertz CT molecular complexity index is 1020. The summed E-state index contributed by atoms with van der Waals surface area (Å²) in [6.07, 6.45) is 3.97. The van der Waals surface area contributed by atoms with Gasteiger partial charge >= 0.3 is 0 Å². The van der Waals surface area contributed by atoms with Crippen LogP contribution in [-0.2, 0) is 0 Å². The zero-order chi connectivity index (χ0) is 17.2. The number of aromatic nitrogens is 2. The fourth-order valence-corrected chi connectivity index (χ4v) is 2.82. The molecule has 4 rings (SSSR count). The second kappa shape index (κ2) is 6.24. The van der Waals surface area contributed by atoms with Crippen molar-refractivity contribution in [3.8, 4) is 11.3 Å². The van der Waals surface area contributed by atoms with E-state index < -0.39 is 0 Å². The maximum Gasteiger partial charge on any atom is 0.255 e. The van der Waals surface area contributed by atoms with E-state index in [2.05, 4.69) is 10.3 Å². The number of nitrogens with zero attached hydrogens (tertiary/aromatic N) is 2. The lowest BCUT2D eigenvalue weighted by atomic mass is 10.1. The Labute approximate surface area is 145 Å². The van der Waals surface area contributed by atoms with Gasteiger partial charge in [-0.15, -0.1) is 0 Å². The summed E-state index contributed by atoms with van der Waals surface area (Å²) in [5.41, 5.74) is 5.24. The minimum absolute atomic E-state index is 0.0985. The number of hydrogen-bond donors (Lipinski definition) is 1. The molecule has 0 radical (unpaired) electrons. The fraction of sp³-hybridized carbons (Fsp3) is 0.0476. The van der Waals surface area contributed by atoms with Crippen molar-refractivity contribution in [2.24, 2.45) is 0 Å². The summed E-state index contributed by atoms with van der Waals surface area (Å²) in [5, 5.41) is 2.94. The molecule has 1 amide bonds. The molecule has 2 aromatic carbocycles. The average molecular weight is 327 g/mol. The topological polar surface area (TPSA) is 46.4 Å². The van der Waals surface area contributed by atoms with Crippen LogP contribution in [0.25, 0.3) is 16.9 Å². The van der Waals surface area contributed by atoms with Crippen molar-refractivity contribution < 1.29 is 4.79 Å². The molecule has 0 unspecified atom stereocenters. The summed E-state index contributed by atoms with van der Waals surface area (Å²) in [7, 11) is 0. The van der Waals surface area contributed by atoms with E-state index in [1.54, 1.807) is 0 Å². The smallest absolute Gasteiger partial charge is 0.255 e. The second-order valence-corrected chi connectivity index (χ2v) is 5.94. The first kappa shape index (κ1) is 15.1. The predicted octanol–water partition coefficient (Wildman–Crippen LogP) is 4.56. The lowest BCUT2D eigenvalue weighted by molar-refractivity contribution is 0.102. The SMILES string of the molecule is Cc1ccccc1C(=O)Nc1ccc(-c2cn3ccccc3n2)cc1. The molecule has 4 nitrogen and oxygen atoms in total. The van der Waals surface area contributed by atoms with Crippen molar-refractivity contribution in [3.05, 3.63) is 90.3 Å². The number of fused-ring (bicyclic) bond motifs is 1. The van der Waals surface area contributed by atoms with Crippen molar-refractivity contribution in [1.29, 1.82) is 0 Å². The molecule has 122 valence electrons. The van der Waals surface area contributed by atoms with Crippen LogP contribution >= 0.6 is 0 Å². The molecule has 4 aromatic rings. The molecule has 0 bridgehead atoms. The van der Waals surface area contributed by atoms with Gasteiger partial charge in [0.1, 0.15) is 5.65 Å². The lowest BCUT2D eigenvalue weighted by Gasteiger charge is -2.08. The average Bonchev–Trinajstić information content (AvgIpc) is 3.07. The van der Waals surface area contributed by atoms with E-state index in [9.17, 15) is 4.79 Å². The minimum atomic E-state index is -0.0985. The molecular formula is C21H17N3O. The molecule has 0 fully saturated rings. The van der Waals surface area contributed by atoms with Crippen LogP contribution in [0.3, 0.4) is 0 Å². The molecule has 0 spiro atoms.